The van der Waals surface area contributed by atoms with Crippen molar-refractivity contribution in [2.75, 3.05) is 13.6 Å². The van der Waals surface area contributed by atoms with Crippen LogP contribution in [0.2, 0.25) is 0 Å². The molecular weight excluding hydrogens is 210 g/mol. The number of hydrogen-bond acceptors (Lipinski definition) is 2. The van der Waals surface area contributed by atoms with E-state index in [1.807, 2.05) is 18.8 Å². The van der Waals surface area contributed by atoms with Crippen molar-refractivity contribution in [3.8, 4) is 11.1 Å². The van der Waals surface area contributed by atoms with E-state index in [1.165, 1.54) is 16.7 Å². The van der Waals surface area contributed by atoms with Gasteiger partial charge >= 0.3 is 0 Å². The lowest BCUT2D eigenvalue weighted by Gasteiger charge is -2.05. The third-order valence-corrected chi connectivity index (χ3v) is 2.95. The normalized spacial score (nSPS) is 10.8. The lowest BCUT2D eigenvalue weighted by atomic mass is 10.0. The molecule has 0 unspecified atom stereocenters. The molecule has 3 heteroatoms. The van der Waals surface area contributed by atoms with Gasteiger partial charge in [0, 0.05) is 31.8 Å². The summed E-state index contributed by atoms with van der Waals surface area (Å²) < 4.78 is 1.90. The van der Waals surface area contributed by atoms with Gasteiger partial charge in [-0.05, 0) is 25.1 Å². The summed E-state index contributed by atoms with van der Waals surface area (Å²) in [6.07, 6.45) is 3.06. The highest BCUT2D eigenvalue weighted by atomic mass is 15.3. The number of likely N-dealkylation sites (N-methyl/N-ethyl adjacent to an activating group) is 1. The monoisotopic (exact) mass is 229 g/mol. The van der Waals surface area contributed by atoms with Crippen LogP contribution in [0.5, 0.6) is 0 Å². The van der Waals surface area contributed by atoms with Crippen LogP contribution >= 0.6 is 0 Å². The molecule has 90 valence electrons. The number of nitrogens with one attached hydrogen (secondary N) is 1. The van der Waals surface area contributed by atoms with Gasteiger partial charge in [0.2, 0.25) is 0 Å². The van der Waals surface area contributed by atoms with Gasteiger partial charge in [-0.25, -0.2) is 0 Å². The molecule has 17 heavy (non-hydrogen) atoms. The van der Waals surface area contributed by atoms with Crippen molar-refractivity contribution in [2.45, 2.75) is 13.3 Å². The van der Waals surface area contributed by atoms with E-state index in [0.29, 0.717) is 0 Å². The second-order valence-corrected chi connectivity index (χ2v) is 4.33. The molecule has 2 rings (SSSR count). The number of rotatable bonds is 4. The van der Waals surface area contributed by atoms with Crippen LogP contribution in [0.15, 0.2) is 30.5 Å². The predicted octanol–water partition coefficient (Wildman–Crippen LogP) is 2.16. The average Bonchev–Trinajstić information content (AvgIpc) is 2.68. The van der Waals surface area contributed by atoms with Gasteiger partial charge in [-0.2, -0.15) is 5.10 Å². The predicted molar refractivity (Wildman–Crippen MR) is 71.0 cm³/mol. The fraction of sp³-hybridized carbons (Fsp3) is 0.357. The number of aryl methyl sites for hydroxylation is 2. The average molecular weight is 229 g/mol. The molecule has 1 heterocycles. The maximum atomic E-state index is 4.54. The Morgan fingerprint density at radius 2 is 2.00 bits per heavy atom. The summed E-state index contributed by atoms with van der Waals surface area (Å²) in [5.41, 5.74) is 5.00. The molecule has 2 aromatic rings. The summed E-state index contributed by atoms with van der Waals surface area (Å²) in [5, 5.41) is 7.71. The summed E-state index contributed by atoms with van der Waals surface area (Å²) in [6, 6.07) is 8.46. The zero-order valence-corrected chi connectivity index (χ0v) is 10.7. The molecule has 0 saturated carbocycles. The van der Waals surface area contributed by atoms with E-state index in [0.717, 1.165) is 18.7 Å². The molecule has 3 nitrogen and oxygen atoms in total. The van der Waals surface area contributed by atoms with Gasteiger partial charge in [-0.1, -0.05) is 24.3 Å². The second kappa shape index (κ2) is 5.15. The van der Waals surface area contributed by atoms with Crippen molar-refractivity contribution < 1.29 is 0 Å². The molecule has 0 radical (unpaired) electrons. The molecule has 0 aliphatic carbocycles. The first-order valence-electron chi connectivity index (χ1n) is 5.95. The summed E-state index contributed by atoms with van der Waals surface area (Å²) in [7, 11) is 3.95. The van der Waals surface area contributed by atoms with Crippen LogP contribution in [0.25, 0.3) is 11.1 Å². The third kappa shape index (κ3) is 2.56. The quantitative estimate of drug-likeness (QED) is 0.870. The first kappa shape index (κ1) is 11.9. The highest BCUT2D eigenvalue weighted by Gasteiger charge is 2.10. The van der Waals surface area contributed by atoms with Crippen molar-refractivity contribution >= 4 is 0 Å². The molecule has 0 amide bonds. The molecule has 1 N–H and O–H groups in total. The highest BCUT2D eigenvalue weighted by molar-refractivity contribution is 5.68. The summed E-state index contributed by atoms with van der Waals surface area (Å²) in [4.78, 5) is 0. The number of hydrogen-bond donors (Lipinski definition) is 1. The molecule has 1 aromatic carbocycles. The van der Waals surface area contributed by atoms with Crippen LogP contribution in [0.1, 0.15) is 11.3 Å². The van der Waals surface area contributed by atoms with Gasteiger partial charge in [0.15, 0.2) is 0 Å². The number of benzene rings is 1. The van der Waals surface area contributed by atoms with Crippen molar-refractivity contribution in [3.05, 3.63) is 41.7 Å². The smallest absolute Gasteiger partial charge is 0.0715 e. The van der Waals surface area contributed by atoms with E-state index >= 15 is 0 Å². The Bertz CT molecular complexity index is 500. The standard InChI is InChI=1S/C14H19N3/c1-11-6-4-5-7-12(11)13-10-17(3)16-14(13)8-9-15-2/h4-7,10,15H,8-9H2,1-3H3. The van der Waals surface area contributed by atoms with Crippen molar-refractivity contribution in [3.63, 3.8) is 0 Å². The summed E-state index contributed by atoms with van der Waals surface area (Å²) in [6.45, 7) is 3.10. The van der Waals surface area contributed by atoms with Crippen molar-refractivity contribution in [1.29, 1.82) is 0 Å². The lowest BCUT2D eigenvalue weighted by Crippen LogP contribution is -2.11. The molecule has 1 aromatic heterocycles. The minimum atomic E-state index is 0.954. The zero-order valence-electron chi connectivity index (χ0n) is 10.7. The van der Waals surface area contributed by atoms with Crippen LogP contribution in [0.4, 0.5) is 0 Å². The van der Waals surface area contributed by atoms with Gasteiger partial charge in [0.25, 0.3) is 0 Å². The lowest BCUT2D eigenvalue weighted by molar-refractivity contribution is 0.717. The van der Waals surface area contributed by atoms with E-state index in [-0.39, 0.29) is 0 Å². The fourth-order valence-electron chi connectivity index (χ4n) is 2.06. The van der Waals surface area contributed by atoms with Crippen molar-refractivity contribution in [2.24, 2.45) is 7.05 Å². The van der Waals surface area contributed by atoms with Gasteiger partial charge in [0.05, 0.1) is 5.69 Å². The topological polar surface area (TPSA) is 29.9 Å². The maximum Gasteiger partial charge on any atom is 0.0715 e. The van der Waals surface area contributed by atoms with Crippen LogP contribution < -0.4 is 5.32 Å². The van der Waals surface area contributed by atoms with Gasteiger partial charge in [-0.15, -0.1) is 0 Å². The Kier molecular flexibility index (Phi) is 3.59. The van der Waals surface area contributed by atoms with Gasteiger partial charge in [-0.3, -0.25) is 4.68 Å². The van der Waals surface area contributed by atoms with E-state index in [4.69, 9.17) is 0 Å². The number of nitrogens with zero attached hydrogens (tertiary/aromatic N) is 2. The molecular formula is C14H19N3. The summed E-state index contributed by atoms with van der Waals surface area (Å²) >= 11 is 0. The minimum Gasteiger partial charge on any atom is -0.319 e. The fourth-order valence-corrected chi connectivity index (χ4v) is 2.06. The number of aromatic nitrogens is 2. The van der Waals surface area contributed by atoms with Crippen LogP contribution in [-0.2, 0) is 13.5 Å². The third-order valence-electron chi connectivity index (χ3n) is 2.95. The summed E-state index contributed by atoms with van der Waals surface area (Å²) in [5.74, 6) is 0. The Hall–Kier alpha value is -1.61. The molecule has 0 aliphatic rings. The molecule has 0 bridgehead atoms. The largest absolute Gasteiger partial charge is 0.319 e. The van der Waals surface area contributed by atoms with E-state index in [1.54, 1.807) is 0 Å². The van der Waals surface area contributed by atoms with Crippen molar-refractivity contribution in [1.82, 2.24) is 15.1 Å². The van der Waals surface area contributed by atoms with Gasteiger partial charge < -0.3 is 5.32 Å². The Morgan fingerprint density at radius 3 is 2.71 bits per heavy atom. The molecule has 0 aliphatic heterocycles. The van der Waals surface area contributed by atoms with Crippen LogP contribution in [0, 0.1) is 6.92 Å². The maximum absolute atomic E-state index is 4.54. The molecule has 0 saturated heterocycles. The second-order valence-electron chi connectivity index (χ2n) is 4.33. The van der Waals surface area contributed by atoms with E-state index in [9.17, 15) is 0 Å². The molecule has 0 fully saturated rings. The Labute approximate surface area is 102 Å². The van der Waals surface area contributed by atoms with Crippen LogP contribution in [0.3, 0.4) is 0 Å². The highest BCUT2D eigenvalue weighted by Crippen LogP contribution is 2.26. The Morgan fingerprint density at radius 1 is 1.24 bits per heavy atom. The SMILES string of the molecule is CNCCc1nn(C)cc1-c1ccccc1C. The zero-order chi connectivity index (χ0) is 12.3. The first-order valence-corrected chi connectivity index (χ1v) is 5.95. The molecule has 0 atom stereocenters. The first-order chi connectivity index (χ1) is 8.22. The van der Waals surface area contributed by atoms with Gasteiger partial charge in [0.1, 0.15) is 0 Å². The minimum absolute atomic E-state index is 0.954. The van der Waals surface area contributed by atoms with Crippen LogP contribution in [-0.4, -0.2) is 23.4 Å². The van der Waals surface area contributed by atoms with E-state index in [2.05, 4.69) is 47.8 Å². The van der Waals surface area contributed by atoms with E-state index < -0.39 is 0 Å². The Balaban J connectivity index is 2.41. The molecule has 0 spiro atoms.